The highest BCUT2D eigenvalue weighted by molar-refractivity contribution is 6.12. The Morgan fingerprint density at radius 1 is 0.966 bits per heavy atom. The van der Waals surface area contributed by atoms with Gasteiger partial charge in [0.2, 0.25) is 5.90 Å². The maximum absolute atomic E-state index is 13.0. The number of benzene rings is 3. The Hall–Kier alpha value is -3.73. The topological polar surface area (TPSA) is 47.9 Å². The van der Waals surface area contributed by atoms with Crippen molar-refractivity contribution in [1.29, 1.82) is 0 Å². The number of hydrogen-bond donors (Lipinski definition) is 0. The summed E-state index contributed by atoms with van der Waals surface area (Å²) in [5, 5.41) is 0. The summed E-state index contributed by atoms with van der Waals surface area (Å²) in [5.41, 5.74) is 3.84. The Morgan fingerprint density at radius 3 is 2.34 bits per heavy atom. The van der Waals surface area contributed by atoms with Crippen LogP contribution in [0.3, 0.4) is 0 Å². The molecule has 3 aromatic carbocycles. The summed E-state index contributed by atoms with van der Waals surface area (Å²) in [5.74, 6) is -0.000300. The Balaban J connectivity index is 1.44. The van der Waals surface area contributed by atoms with Gasteiger partial charge in [-0.15, -0.1) is 0 Å². The molecule has 1 aliphatic rings. The highest BCUT2D eigenvalue weighted by Gasteiger charge is 2.24. The minimum absolute atomic E-state index is 0.166. The lowest BCUT2D eigenvalue weighted by Gasteiger charge is -2.07. The summed E-state index contributed by atoms with van der Waals surface area (Å²) in [4.78, 5) is 16.3. The van der Waals surface area contributed by atoms with Crippen molar-refractivity contribution in [2.45, 2.75) is 13.5 Å². The van der Waals surface area contributed by atoms with E-state index in [-0.39, 0.29) is 17.4 Å². The summed E-state index contributed by atoms with van der Waals surface area (Å²) in [6.45, 7) is 2.53. The van der Waals surface area contributed by atoms with Crippen molar-refractivity contribution in [3.8, 4) is 5.75 Å². The minimum Gasteiger partial charge on any atom is -0.489 e. The van der Waals surface area contributed by atoms with Gasteiger partial charge < -0.3 is 9.47 Å². The molecule has 0 N–H and O–H groups in total. The van der Waals surface area contributed by atoms with Crippen LogP contribution in [0.15, 0.2) is 83.5 Å². The highest BCUT2D eigenvalue weighted by Crippen LogP contribution is 2.21. The lowest BCUT2D eigenvalue weighted by Crippen LogP contribution is -2.05. The van der Waals surface area contributed by atoms with Gasteiger partial charge in [-0.1, -0.05) is 42.0 Å². The molecule has 0 aliphatic carbocycles. The fourth-order valence-electron chi connectivity index (χ4n) is 2.79. The van der Waals surface area contributed by atoms with E-state index in [1.807, 2.05) is 43.3 Å². The molecule has 144 valence electrons. The van der Waals surface area contributed by atoms with Crippen molar-refractivity contribution < 1.29 is 18.7 Å². The number of halogens is 1. The molecular weight excluding hydrogens is 369 g/mol. The molecule has 0 atom stereocenters. The number of aliphatic imine (C=N–C) groups is 1. The summed E-state index contributed by atoms with van der Waals surface area (Å²) in [7, 11) is 0. The molecule has 0 spiro atoms. The molecule has 0 saturated carbocycles. The first-order chi connectivity index (χ1) is 14.1. The normalized spacial score (nSPS) is 14.6. The lowest BCUT2D eigenvalue weighted by atomic mass is 10.1. The maximum Gasteiger partial charge on any atom is 0.363 e. The number of carbonyl (C=O) groups is 1. The van der Waals surface area contributed by atoms with Crippen molar-refractivity contribution in [3.63, 3.8) is 0 Å². The van der Waals surface area contributed by atoms with Crippen LogP contribution in [-0.4, -0.2) is 11.9 Å². The quantitative estimate of drug-likeness (QED) is 0.454. The number of nitrogens with zero attached hydrogens (tertiary/aromatic N) is 1. The van der Waals surface area contributed by atoms with Crippen LogP contribution >= 0.6 is 0 Å². The van der Waals surface area contributed by atoms with E-state index in [0.29, 0.717) is 12.2 Å². The van der Waals surface area contributed by atoms with Gasteiger partial charge in [0, 0.05) is 5.56 Å². The SMILES string of the molecule is Cc1ccc(COc2ccc(C=C3N=C(c4ccc(F)cc4)OC3=O)cc2)cc1. The molecule has 0 unspecified atom stereocenters. The van der Waals surface area contributed by atoms with Gasteiger partial charge in [0.1, 0.15) is 18.2 Å². The van der Waals surface area contributed by atoms with Crippen LogP contribution < -0.4 is 4.74 Å². The van der Waals surface area contributed by atoms with Gasteiger partial charge in [-0.05, 0) is 60.5 Å². The van der Waals surface area contributed by atoms with E-state index in [9.17, 15) is 9.18 Å². The third-order valence-corrected chi connectivity index (χ3v) is 4.42. The molecule has 0 amide bonds. The minimum atomic E-state index is -0.538. The van der Waals surface area contributed by atoms with Crippen LogP contribution in [-0.2, 0) is 16.1 Å². The smallest absolute Gasteiger partial charge is 0.363 e. The fourth-order valence-corrected chi connectivity index (χ4v) is 2.79. The number of esters is 1. The lowest BCUT2D eigenvalue weighted by molar-refractivity contribution is -0.129. The predicted molar refractivity (Wildman–Crippen MR) is 109 cm³/mol. The van der Waals surface area contributed by atoms with Gasteiger partial charge >= 0.3 is 5.97 Å². The van der Waals surface area contributed by atoms with Crippen molar-refractivity contribution >= 4 is 17.9 Å². The van der Waals surface area contributed by atoms with Crippen LogP contribution in [0.5, 0.6) is 5.75 Å². The summed E-state index contributed by atoms with van der Waals surface area (Å²) >= 11 is 0. The maximum atomic E-state index is 13.0. The van der Waals surface area contributed by atoms with Gasteiger partial charge in [-0.3, -0.25) is 0 Å². The molecule has 4 rings (SSSR count). The number of hydrogen-bond acceptors (Lipinski definition) is 4. The van der Waals surface area contributed by atoms with E-state index in [4.69, 9.17) is 9.47 Å². The molecule has 0 fully saturated rings. The Labute approximate surface area is 167 Å². The van der Waals surface area contributed by atoms with Gasteiger partial charge in [-0.2, -0.15) is 0 Å². The molecule has 1 aliphatic heterocycles. The third-order valence-electron chi connectivity index (χ3n) is 4.42. The number of carbonyl (C=O) groups excluding carboxylic acids is 1. The number of rotatable bonds is 5. The average molecular weight is 387 g/mol. The second-order valence-electron chi connectivity index (χ2n) is 6.69. The predicted octanol–water partition coefficient (Wildman–Crippen LogP) is 5.06. The van der Waals surface area contributed by atoms with Crippen LogP contribution in [0.1, 0.15) is 22.3 Å². The van der Waals surface area contributed by atoms with Crippen LogP contribution in [0.4, 0.5) is 4.39 Å². The monoisotopic (exact) mass is 387 g/mol. The first kappa shape index (κ1) is 18.6. The molecule has 0 aromatic heterocycles. The number of ether oxygens (including phenoxy) is 2. The highest BCUT2D eigenvalue weighted by atomic mass is 19.1. The Morgan fingerprint density at radius 2 is 1.66 bits per heavy atom. The average Bonchev–Trinajstić information content (AvgIpc) is 3.09. The number of cyclic esters (lactones) is 1. The molecule has 29 heavy (non-hydrogen) atoms. The molecule has 0 radical (unpaired) electrons. The van der Waals surface area contributed by atoms with Gasteiger partial charge in [-0.25, -0.2) is 14.2 Å². The second kappa shape index (κ2) is 8.10. The van der Waals surface area contributed by atoms with Crippen molar-refractivity contribution in [2.24, 2.45) is 4.99 Å². The largest absolute Gasteiger partial charge is 0.489 e. The Kier molecular flexibility index (Phi) is 5.20. The van der Waals surface area contributed by atoms with Crippen molar-refractivity contribution in [2.75, 3.05) is 0 Å². The van der Waals surface area contributed by atoms with Crippen molar-refractivity contribution in [3.05, 3.63) is 107 Å². The van der Waals surface area contributed by atoms with Crippen molar-refractivity contribution in [1.82, 2.24) is 0 Å². The first-order valence-corrected chi connectivity index (χ1v) is 9.14. The molecule has 0 saturated heterocycles. The zero-order chi connectivity index (χ0) is 20.2. The summed E-state index contributed by atoms with van der Waals surface area (Å²) < 4.78 is 24.0. The molecule has 1 heterocycles. The van der Waals surface area contributed by atoms with E-state index in [1.54, 1.807) is 6.08 Å². The van der Waals surface area contributed by atoms with E-state index in [1.165, 1.54) is 29.8 Å². The zero-order valence-electron chi connectivity index (χ0n) is 15.8. The van der Waals surface area contributed by atoms with Crippen LogP contribution in [0.25, 0.3) is 6.08 Å². The first-order valence-electron chi connectivity index (χ1n) is 9.14. The molecular formula is C24H18FNO3. The zero-order valence-corrected chi connectivity index (χ0v) is 15.8. The second-order valence-corrected chi connectivity index (χ2v) is 6.69. The van der Waals surface area contributed by atoms with E-state index < -0.39 is 5.97 Å². The Bertz CT molecular complexity index is 1080. The summed E-state index contributed by atoms with van der Waals surface area (Å²) in [6.07, 6.45) is 1.64. The van der Waals surface area contributed by atoms with Gasteiger partial charge in [0.15, 0.2) is 5.70 Å². The standard InChI is InChI=1S/C24H18FNO3/c1-16-2-4-18(5-3-16)15-28-21-12-6-17(7-13-21)14-22-24(27)29-23(26-22)19-8-10-20(25)11-9-19/h2-14H,15H2,1H3. The number of aryl methyl sites for hydroxylation is 1. The molecule has 0 bridgehead atoms. The van der Waals surface area contributed by atoms with E-state index >= 15 is 0 Å². The summed E-state index contributed by atoms with van der Waals surface area (Å²) in [6, 6.07) is 21.2. The fraction of sp³-hybridized carbons (Fsp3) is 0.0833. The van der Waals surface area contributed by atoms with Crippen LogP contribution in [0.2, 0.25) is 0 Å². The third kappa shape index (κ3) is 4.58. The van der Waals surface area contributed by atoms with Crippen LogP contribution in [0, 0.1) is 12.7 Å². The van der Waals surface area contributed by atoms with Gasteiger partial charge in [0.05, 0.1) is 0 Å². The van der Waals surface area contributed by atoms with E-state index in [2.05, 4.69) is 17.1 Å². The molecule has 5 heteroatoms. The van der Waals surface area contributed by atoms with E-state index in [0.717, 1.165) is 16.9 Å². The molecule has 4 nitrogen and oxygen atoms in total. The van der Waals surface area contributed by atoms with Gasteiger partial charge in [0.25, 0.3) is 0 Å². The molecule has 3 aromatic rings.